The van der Waals surface area contributed by atoms with Gasteiger partial charge in [0.05, 0.1) is 11.9 Å². The van der Waals surface area contributed by atoms with E-state index in [0.29, 0.717) is 0 Å². The Balaban J connectivity index is 2.62. The van der Waals surface area contributed by atoms with Crippen LogP contribution in [0.5, 0.6) is 0 Å². The first-order valence-electron chi connectivity index (χ1n) is 5.57. The second-order valence-electron chi connectivity index (χ2n) is 3.80. The molecule has 0 atom stereocenters. The minimum absolute atomic E-state index is 0.798. The SMILES string of the molecule is CNCc1ccncc1N(C)CCCOC. The molecule has 1 N–H and O–H groups in total. The summed E-state index contributed by atoms with van der Waals surface area (Å²) in [6.07, 6.45) is 4.78. The zero-order valence-corrected chi connectivity index (χ0v) is 10.4. The van der Waals surface area contributed by atoms with E-state index in [2.05, 4.69) is 28.3 Å². The van der Waals surface area contributed by atoms with Crippen LogP contribution in [-0.4, -0.2) is 39.3 Å². The fraction of sp³-hybridized carbons (Fsp3) is 0.583. The standard InChI is InChI=1S/C12H21N3O/c1-13-9-11-5-6-14-10-12(11)15(2)7-4-8-16-3/h5-6,10,13H,4,7-9H2,1-3H3. The highest BCUT2D eigenvalue weighted by molar-refractivity contribution is 5.50. The third-order valence-electron chi connectivity index (χ3n) is 2.51. The third kappa shape index (κ3) is 3.79. The van der Waals surface area contributed by atoms with Gasteiger partial charge < -0.3 is 15.0 Å². The van der Waals surface area contributed by atoms with Gasteiger partial charge in [-0.2, -0.15) is 0 Å². The van der Waals surface area contributed by atoms with Crippen molar-refractivity contribution in [2.24, 2.45) is 0 Å². The topological polar surface area (TPSA) is 37.4 Å². The number of methoxy groups -OCH3 is 1. The molecule has 16 heavy (non-hydrogen) atoms. The molecule has 4 nitrogen and oxygen atoms in total. The number of nitrogens with zero attached hydrogens (tertiary/aromatic N) is 2. The van der Waals surface area contributed by atoms with Crippen LogP contribution in [0.2, 0.25) is 0 Å². The normalized spacial score (nSPS) is 10.4. The van der Waals surface area contributed by atoms with Gasteiger partial charge in [0.25, 0.3) is 0 Å². The van der Waals surface area contributed by atoms with Crippen LogP contribution in [0.1, 0.15) is 12.0 Å². The smallest absolute Gasteiger partial charge is 0.0595 e. The van der Waals surface area contributed by atoms with Gasteiger partial charge in [-0.1, -0.05) is 0 Å². The summed E-state index contributed by atoms with van der Waals surface area (Å²) in [7, 11) is 5.78. The van der Waals surface area contributed by atoms with Crippen molar-refractivity contribution in [2.45, 2.75) is 13.0 Å². The van der Waals surface area contributed by atoms with Crippen molar-refractivity contribution in [2.75, 3.05) is 39.3 Å². The van der Waals surface area contributed by atoms with Gasteiger partial charge in [-0.05, 0) is 25.1 Å². The average molecular weight is 223 g/mol. The summed E-state index contributed by atoms with van der Waals surface area (Å²) in [4.78, 5) is 6.40. The monoisotopic (exact) mass is 223 g/mol. The van der Waals surface area contributed by atoms with Gasteiger partial charge in [0.1, 0.15) is 0 Å². The van der Waals surface area contributed by atoms with E-state index >= 15 is 0 Å². The maximum absolute atomic E-state index is 5.05. The fourth-order valence-electron chi connectivity index (χ4n) is 1.67. The van der Waals surface area contributed by atoms with Gasteiger partial charge in [-0.15, -0.1) is 0 Å². The molecular weight excluding hydrogens is 202 g/mol. The minimum Gasteiger partial charge on any atom is -0.385 e. The molecule has 1 heterocycles. The van der Waals surface area contributed by atoms with Gasteiger partial charge in [-0.3, -0.25) is 4.98 Å². The van der Waals surface area contributed by atoms with Crippen LogP contribution < -0.4 is 10.2 Å². The van der Waals surface area contributed by atoms with E-state index < -0.39 is 0 Å². The highest BCUT2D eigenvalue weighted by atomic mass is 16.5. The Bertz CT molecular complexity index is 304. The number of aromatic nitrogens is 1. The summed E-state index contributed by atoms with van der Waals surface area (Å²) in [5.41, 5.74) is 2.46. The second-order valence-corrected chi connectivity index (χ2v) is 3.80. The maximum Gasteiger partial charge on any atom is 0.0595 e. The molecule has 0 radical (unpaired) electrons. The molecule has 0 bridgehead atoms. The summed E-state index contributed by atoms with van der Waals surface area (Å²) in [5.74, 6) is 0. The summed E-state index contributed by atoms with van der Waals surface area (Å²) >= 11 is 0. The molecule has 0 amide bonds. The summed E-state index contributed by atoms with van der Waals surface area (Å²) in [6.45, 7) is 2.65. The van der Waals surface area contributed by atoms with Crippen molar-refractivity contribution in [3.05, 3.63) is 24.0 Å². The van der Waals surface area contributed by atoms with Crippen LogP contribution in [0.25, 0.3) is 0 Å². The summed E-state index contributed by atoms with van der Waals surface area (Å²) in [5, 5.41) is 3.17. The molecule has 0 unspecified atom stereocenters. The first-order chi connectivity index (χ1) is 7.79. The Labute approximate surface area is 97.6 Å². The molecule has 1 aromatic rings. The Hall–Kier alpha value is -1.13. The predicted octanol–water partition coefficient (Wildman–Crippen LogP) is 1.27. The van der Waals surface area contributed by atoms with Gasteiger partial charge in [0.2, 0.25) is 0 Å². The molecule has 90 valence electrons. The first-order valence-corrected chi connectivity index (χ1v) is 5.57. The van der Waals surface area contributed by atoms with Crippen molar-refractivity contribution in [1.29, 1.82) is 0 Å². The van der Waals surface area contributed by atoms with Crippen LogP contribution in [0.4, 0.5) is 5.69 Å². The Kier molecular flexibility index (Phi) is 5.82. The summed E-state index contributed by atoms with van der Waals surface area (Å²) in [6, 6.07) is 2.05. The molecule has 1 aromatic heterocycles. The lowest BCUT2D eigenvalue weighted by molar-refractivity contribution is 0.196. The van der Waals surface area contributed by atoms with Crippen molar-refractivity contribution < 1.29 is 4.74 Å². The van der Waals surface area contributed by atoms with Crippen LogP contribution in [0.3, 0.4) is 0 Å². The molecule has 0 fully saturated rings. The molecule has 1 rings (SSSR count). The quantitative estimate of drug-likeness (QED) is 0.706. The number of pyridine rings is 1. The molecule has 0 aliphatic rings. The number of hydrogen-bond donors (Lipinski definition) is 1. The van der Waals surface area contributed by atoms with E-state index in [9.17, 15) is 0 Å². The number of ether oxygens (including phenoxy) is 1. The number of anilines is 1. The molecule has 0 saturated carbocycles. The maximum atomic E-state index is 5.05. The van der Waals surface area contributed by atoms with Gasteiger partial charge >= 0.3 is 0 Å². The third-order valence-corrected chi connectivity index (χ3v) is 2.51. The lowest BCUT2D eigenvalue weighted by Gasteiger charge is -2.21. The molecule has 0 aliphatic carbocycles. The van der Waals surface area contributed by atoms with Crippen LogP contribution in [0.15, 0.2) is 18.5 Å². The zero-order valence-electron chi connectivity index (χ0n) is 10.4. The van der Waals surface area contributed by atoms with Gasteiger partial charge in [0, 0.05) is 40.1 Å². The van der Waals surface area contributed by atoms with E-state index in [4.69, 9.17) is 4.74 Å². The van der Waals surface area contributed by atoms with E-state index in [1.165, 1.54) is 11.3 Å². The van der Waals surface area contributed by atoms with Gasteiger partial charge in [-0.25, -0.2) is 0 Å². The number of rotatable bonds is 7. The molecule has 0 spiro atoms. The largest absolute Gasteiger partial charge is 0.385 e. The molecule has 0 aliphatic heterocycles. The first kappa shape index (κ1) is 12.9. The van der Waals surface area contributed by atoms with E-state index in [0.717, 1.165) is 26.1 Å². The van der Waals surface area contributed by atoms with E-state index in [-0.39, 0.29) is 0 Å². The highest BCUT2D eigenvalue weighted by Gasteiger charge is 2.06. The van der Waals surface area contributed by atoms with Gasteiger partial charge in [0.15, 0.2) is 0 Å². The van der Waals surface area contributed by atoms with Crippen LogP contribution in [0, 0.1) is 0 Å². The van der Waals surface area contributed by atoms with E-state index in [1.54, 1.807) is 7.11 Å². The fourth-order valence-corrected chi connectivity index (χ4v) is 1.67. The van der Waals surface area contributed by atoms with Crippen LogP contribution in [-0.2, 0) is 11.3 Å². The van der Waals surface area contributed by atoms with Crippen LogP contribution >= 0.6 is 0 Å². The van der Waals surface area contributed by atoms with Crippen molar-refractivity contribution in [3.63, 3.8) is 0 Å². The molecular formula is C12H21N3O. The minimum atomic E-state index is 0.798. The lowest BCUT2D eigenvalue weighted by Crippen LogP contribution is -2.22. The average Bonchev–Trinajstić information content (AvgIpc) is 2.30. The number of hydrogen-bond acceptors (Lipinski definition) is 4. The molecule has 4 heteroatoms. The zero-order chi connectivity index (χ0) is 11.8. The highest BCUT2D eigenvalue weighted by Crippen LogP contribution is 2.17. The lowest BCUT2D eigenvalue weighted by atomic mass is 10.2. The van der Waals surface area contributed by atoms with Crippen molar-refractivity contribution >= 4 is 5.69 Å². The Morgan fingerprint density at radius 3 is 3.00 bits per heavy atom. The van der Waals surface area contributed by atoms with E-state index in [1.807, 2.05) is 19.4 Å². The predicted molar refractivity (Wildman–Crippen MR) is 66.8 cm³/mol. The number of nitrogens with one attached hydrogen (secondary N) is 1. The Morgan fingerprint density at radius 2 is 2.31 bits per heavy atom. The molecule has 0 saturated heterocycles. The Morgan fingerprint density at radius 1 is 1.50 bits per heavy atom. The summed E-state index contributed by atoms with van der Waals surface area (Å²) < 4.78 is 5.05. The van der Waals surface area contributed by atoms with Crippen molar-refractivity contribution in [3.8, 4) is 0 Å². The van der Waals surface area contributed by atoms with Crippen molar-refractivity contribution in [1.82, 2.24) is 10.3 Å². The molecule has 0 aromatic carbocycles. The second kappa shape index (κ2) is 7.19.